The van der Waals surface area contributed by atoms with E-state index in [9.17, 15) is 0 Å². The van der Waals surface area contributed by atoms with Gasteiger partial charge in [-0.25, -0.2) is 0 Å². The van der Waals surface area contributed by atoms with Crippen molar-refractivity contribution in [3.63, 3.8) is 0 Å². The van der Waals surface area contributed by atoms with Crippen LogP contribution in [0, 0.1) is 5.92 Å². The molecule has 19 heavy (non-hydrogen) atoms. The van der Waals surface area contributed by atoms with Crippen LogP contribution in [0.5, 0.6) is 5.75 Å². The number of nitrogens with zero attached hydrogens (tertiary/aromatic N) is 1. The van der Waals surface area contributed by atoms with Gasteiger partial charge in [-0.15, -0.1) is 0 Å². The summed E-state index contributed by atoms with van der Waals surface area (Å²) in [6.07, 6.45) is 3.59. The number of nitrogen functional groups attached to an aromatic ring is 1. The molecular weight excluding hydrogens is 236 g/mol. The Hall–Kier alpha value is -1.38. The molecule has 0 spiro atoms. The lowest BCUT2D eigenvalue weighted by Gasteiger charge is -2.39. The van der Waals surface area contributed by atoms with Gasteiger partial charge in [0.25, 0.3) is 0 Å². The first-order valence-electron chi connectivity index (χ1n) is 7.42. The third kappa shape index (κ3) is 3.14. The topological polar surface area (TPSA) is 38.5 Å². The first kappa shape index (κ1) is 14.0. The van der Waals surface area contributed by atoms with E-state index in [1.54, 1.807) is 0 Å². The van der Waals surface area contributed by atoms with Crippen LogP contribution < -0.4 is 15.4 Å². The maximum atomic E-state index is 5.98. The zero-order chi connectivity index (χ0) is 13.8. The molecule has 2 rings (SSSR count). The van der Waals surface area contributed by atoms with E-state index in [1.165, 1.54) is 18.5 Å². The summed E-state index contributed by atoms with van der Waals surface area (Å²) >= 11 is 0. The van der Waals surface area contributed by atoms with Crippen LogP contribution >= 0.6 is 0 Å². The van der Waals surface area contributed by atoms with Crippen molar-refractivity contribution in [1.29, 1.82) is 0 Å². The highest BCUT2D eigenvalue weighted by molar-refractivity contribution is 5.62. The van der Waals surface area contributed by atoms with Crippen molar-refractivity contribution in [2.45, 2.75) is 46.1 Å². The minimum atomic E-state index is 0.580. The number of rotatable bonds is 4. The SMILES string of the molecule is CCCOc1cc(N2CCCC(C)C2C)ccc1N. The van der Waals surface area contributed by atoms with E-state index in [1.807, 2.05) is 6.07 Å². The average Bonchev–Trinajstić information content (AvgIpc) is 2.41. The van der Waals surface area contributed by atoms with Crippen LogP contribution in [0.15, 0.2) is 18.2 Å². The van der Waals surface area contributed by atoms with E-state index >= 15 is 0 Å². The van der Waals surface area contributed by atoms with Crippen molar-refractivity contribution in [2.75, 3.05) is 23.8 Å². The number of anilines is 2. The van der Waals surface area contributed by atoms with Crippen LogP contribution in [0.25, 0.3) is 0 Å². The Labute approximate surface area is 116 Å². The van der Waals surface area contributed by atoms with Gasteiger partial charge in [-0.1, -0.05) is 13.8 Å². The lowest BCUT2D eigenvalue weighted by Crippen LogP contribution is -2.42. The summed E-state index contributed by atoms with van der Waals surface area (Å²) in [7, 11) is 0. The van der Waals surface area contributed by atoms with E-state index in [-0.39, 0.29) is 0 Å². The van der Waals surface area contributed by atoms with Gasteiger partial charge in [-0.05, 0) is 44.2 Å². The van der Waals surface area contributed by atoms with Crippen LogP contribution in [0.4, 0.5) is 11.4 Å². The summed E-state index contributed by atoms with van der Waals surface area (Å²) in [6, 6.07) is 6.76. The minimum Gasteiger partial charge on any atom is -0.491 e. The number of hydrogen-bond donors (Lipinski definition) is 1. The molecule has 2 unspecified atom stereocenters. The van der Waals surface area contributed by atoms with Crippen molar-refractivity contribution < 1.29 is 4.74 Å². The summed E-state index contributed by atoms with van der Waals surface area (Å²) < 4.78 is 5.73. The maximum absolute atomic E-state index is 5.98. The zero-order valence-corrected chi connectivity index (χ0v) is 12.4. The van der Waals surface area contributed by atoms with Crippen LogP contribution in [-0.4, -0.2) is 19.2 Å². The van der Waals surface area contributed by atoms with Crippen molar-refractivity contribution in [3.8, 4) is 5.75 Å². The molecule has 3 heteroatoms. The van der Waals surface area contributed by atoms with Crippen LogP contribution in [0.3, 0.4) is 0 Å². The molecule has 106 valence electrons. The lowest BCUT2D eigenvalue weighted by molar-refractivity contribution is 0.318. The second-order valence-electron chi connectivity index (χ2n) is 5.62. The van der Waals surface area contributed by atoms with Crippen LogP contribution in [0.2, 0.25) is 0 Å². The predicted molar refractivity (Wildman–Crippen MR) is 81.8 cm³/mol. The molecule has 1 fully saturated rings. The van der Waals surface area contributed by atoms with Gasteiger partial charge in [0.15, 0.2) is 0 Å². The molecule has 3 nitrogen and oxygen atoms in total. The second-order valence-corrected chi connectivity index (χ2v) is 5.62. The van der Waals surface area contributed by atoms with Gasteiger partial charge in [0, 0.05) is 24.3 Å². The molecule has 1 aromatic carbocycles. The maximum Gasteiger partial charge on any atom is 0.144 e. The first-order chi connectivity index (χ1) is 9.13. The molecule has 0 amide bonds. The standard InChI is InChI=1S/C16H26N2O/c1-4-10-19-16-11-14(7-8-15(16)17)18-9-5-6-12(2)13(18)3/h7-8,11-13H,4-6,9-10,17H2,1-3H3. The second kappa shape index (κ2) is 6.18. The lowest BCUT2D eigenvalue weighted by atomic mass is 9.91. The fraction of sp³-hybridized carbons (Fsp3) is 0.625. The zero-order valence-electron chi connectivity index (χ0n) is 12.4. The van der Waals surface area contributed by atoms with Crippen molar-refractivity contribution in [3.05, 3.63) is 18.2 Å². The molecule has 1 saturated heterocycles. The molecule has 0 saturated carbocycles. The average molecular weight is 262 g/mol. The molecule has 0 radical (unpaired) electrons. The Morgan fingerprint density at radius 2 is 2.16 bits per heavy atom. The minimum absolute atomic E-state index is 0.580. The Morgan fingerprint density at radius 1 is 1.37 bits per heavy atom. The van der Waals surface area contributed by atoms with Gasteiger partial charge in [-0.3, -0.25) is 0 Å². The molecule has 1 aliphatic rings. The van der Waals surface area contributed by atoms with E-state index in [0.29, 0.717) is 6.04 Å². The van der Waals surface area contributed by atoms with Gasteiger partial charge in [-0.2, -0.15) is 0 Å². The molecule has 1 aromatic rings. The molecule has 1 heterocycles. The Morgan fingerprint density at radius 3 is 2.89 bits per heavy atom. The largest absolute Gasteiger partial charge is 0.491 e. The molecule has 2 atom stereocenters. The Balaban J connectivity index is 2.19. The molecule has 0 aromatic heterocycles. The summed E-state index contributed by atoms with van der Waals surface area (Å²) in [5.74, 6) is 1.57. The number of nitrogens with two attached hydrogens (primary N) is 1. The highest BCUT2D eigenvalue weighted by Crippen LogP contribution is 2.33. The quantitative estimate of drug-likeness (QED) is 0.841. The molecule has 1 aliphatic heterocycles. The van der Waals surface area contributed by atoms with Gasteiger partial charge >= 0.3 is 0 Å². The summed E-state index contributed by atoms with van der Waals surface area (Å²) in [6.45, 7) is 8.60. The molecule has 0 bridgehead atoms. The van der Waals surface area contributed by atoms with E-state index in [0.717, 1.165) is 36.9 Å². The summed E-state index contributed by atoms with van der Waals surface area (Å²) in [5.41, 5.74) is 7.95. The molecule has 2 N–H and O–H groups in total. The first-order valence-corrected chi connectivity index (χ1v) is 7.42. The van der Waals surface area contributed by atoms with Crippen LogP contribution in [0.1, 0.15) is 40.0 Å². The van der Waals surface area contributed by atoms with Crippen molar-refractivity contribution >= 4 is 11.4 Å². The Bertz CT molecular complexity index is 419. The third-order valence-corrected chi connectivity index (χ3v) is 4.16. The highest BCUT2D eigenvalue weighted by atomic mass is 16.5. The number of hydrogen-bond acceptors (Lipinski definition) is 3. The van der Waals surface area contributed by atoms with E-state index in [4.69, 9.17) is 10.5 Å². The van der Waals surface area contributed by atoms with Crippen LogP contribution in [-0.2, 0) is 0 Å². The van der Waals surface area contributed by atoms with Gasteiger partial charge in [0.05, 0.1) is 12.3 Å². The number of piperidine rings is 1. The fourth-order valence-corrected chi connectivity index (χ4v) is 2.74. The monoisotopic (exact) mass is 262 g/mol. The van der Waals surface area contributed by atoms with Crippen molar-refractivity contribution in [1.82, 2.24) is 0 Å². The summed E-state index contributed by atoms with van der Waals surface area (Å²) in [4.78, 5) is 2.48. The fourth-order valence-electron chi connectivity index (χ4n) is 2.74. The van der Waals surface area contributed by atoms with Crippen molar-refractivity contribution in [2.24, 2.45) is 5.92 Å². The van der Waals surface area contributed by atoms with E-state index in [2.05, 4.69) is 37.8 Å². The van der Waals surface area contributed by atoms with Gasteiger partial charge < -0.3 is 15.4 Å². The normalized spacial score (nSPS) is 23.4. The molecular formula is C16H26N2O. The van der Waals surface area contributed by atoms with Gasteiger partial charge in [0.1, 0.15) is 5.75 Å². The predicted octanol–water partition coefficient (Wildman–Crippen LogP) is 3.68. The van der Waals surface area contributed by atoms with Gasteiger partial charge in [0.2, 0.25) is 0 Å². The third-order valence-electron chi connectivity index (χ3n) is 4.16. The smallest absolute Gasteiger partial charge is 0.144 e. The van der Waals surface area contributed by atoms with E-state index < -0.39 is 0 Å². The highest BCUT2D eigenvalue weighted by Gasteiger charge is 2.25. The number of ether oxygens (including phenoxy) is 1. The molecule has 0 aliphatic carbocycles. The summed E-state index contributed by atoms with van der Waals surface area (Å²) in [5, 5.41) is 0. The Kier molecular flexibility index (Phi) is 4.56. The number of benzene rings is 1.